The van der Waals surface area contributed by atoms with Crippen LogP contribution in [0.5, 0.6) is 0 Å². The summed E-state index contributed by atoms with van der Waals surface area (Å²) in [5.74, 6) is -0.964. The predicted octanol–water partition coefficient (Wildman–Crippen LogP) is 3.15. The molecule has 0 spiro atoms. The minimum Gasteiger partial charge on any atom is -0.478 e. The van der Waals surface area contributed by atoms with E-state index in [9.17, 15) is 9.18 Å². The molecular formula is C14H18FNO2. The van der Waals surface area contributed by atoms with Crippen molar-refractivity contribution in [2.75, 3.05) is 18.0 Å². The molecule has 0 radical (unpaired) electrons. The number of nitrogens with zero attached hydrogens (tertiary/aromatic N) is 1. The number of piperidine rings is 1. The zero-order chi connectivity index (χ0) is 13.1. The van der Waals surface area contributed by atoms with Gasteiger partial charge in [-0.05, 0) is 37.0 Å². The molecule has 0 amide bonds. The number of benzene rings is 1. The summed E-state index contributed by atoms with van der Waals surface area (Å²) in [5, 5.41) is 9.15. The van der Waals surface area contributed by atoms with Crippen LogP contribution in [0.15, 0.2) is 18.2 Å². The molecule has 0 bridgehead atoms. The van der Waals surface area contributed by atoms with Crippen molar-refractivity contribution >= 4 is 11.7 Å². The van der Waals surface area contributed by atoms with Crippen molar-refractivity contribution in [3.63, 3.8) is 0 Å². The lowest BCUT2D eigenvalue weighted by molar-refractivity contribution is 0.0697. The average molecular weight is 251 g/mol. The Kier molecular flexibility index (Phi) is 3.84. The van der Waals surface area contributed by atoms with E-state index in [1.54, 1.807) is 6.07 Å². The van der Waals surface area contributed by atoms with Crippen LogP contribution >= 0.6 is 0 Å². The SMILES string of the molecule is CCC1CCCN(c2ccc(F)cc2C(=O)O)C1. The smallest absolute Gasteiger partial charge is 0.337 e. The second kappa shape index (κ2) is 5.38. The second-order valence-electron chi connectivity index (χ2n) is 4.83. The first-order valence-corrected chi connectivity index (χ1v) is 6.39. The van der Waals surface area contributed by atoms with Crippen LogP contribution in [0, 0.1) is 11.7 Å². The Bertz CT molecular complexity index is 447. The maximum absolute atomic E-state index is 13.1. The molecule has 1 fully saturated rings. The molecule has 1 aromatic rings. The molecule has 0 aromatic heterocycles. The van der Waals surface area contributed by atoms with E-state index in [-0.39, 0.29) is 5.56 Å². The number of halogens is 1. The summed E-state index contributed by atoms with van der Waals surface area (Å²) in [6, 6.07) is 4.02. The molecule has 1 aromatic carbocycles. The van der Waals surface area contributed by atoms with Gasteiger partial charge >= 0.3 is 5.97 Å². The standard InChI is InChI=1S/C14H18FNO2/c1-2-10-4-3-7-16(9-10)13-6-5-11(15)8-12(13)14(17)18/h5-6,8,10H,2-4,7,9H2,1H3,(H,17,18). The van der Waals surface area contributed by atoms with E-state index in [1.807, 2.05) is 0 Å². The van der Waals surface area contributed by atoms with Gasteiger partial charge in [0.15, 0.2) is 0 Å². The van der Waals surface area contributed by atoms with Crippen molar-refractivity contribution in [3.05, 3.63) is 29.6 Å². The van der Waals surface area contributed by atoms with Gasteiger partial charge in [0.1, 0.15) is 5.82 Å². The summed E-state index contributed by atoms with van der Waals surface area (Å²) in [6.07, 6.45) is 3.35. The molecule has 1 heterocycles. The molecule has 0 aliphatic carbocycles. The Hall–Kier alpha value is -1.58. The maximum Gasteiger partial charge on any atom is 0.337 e. The Morgan fingerprint density at radius 1 is 1.56 bits per heavy atom. The summed E-state index contributed by atoms with van der Waals surface area (Å²) < 4.78 is 13.1. The minimum absolute atomic E-state index is 0.0618. The Morgan fingerprint density at radius 3 is 3.00 bits per heavy atom. The Morgan fingerprint density at radius 2 is 2.33 bits per heavy atom. The van der Waals surface area contributed by atoms with Crippen LogP contribution in [0.3, 0.4) is 0 Å². The number of hydrogen-bond acceptors (Lipinski definition) is 2. The molecule has 4 heteroatoms. The summed E-state index contributed by atoms with van der Waals surface area (Å²) in [4.78, 5) is 13.2. The van der Waals surface area contributed by atoms with E-state index in [0.717, 1.165) is 32.0 Å². The molecule has 98 valence electrons. The minimum atomic E-state index is -1.07. The first-order chi connectivity index (χ1) is 8.61. The summed E-state index contributed by atoms with van der Waals surface area (Å²) in [5.41, 5.74) is 0.703. The zero-order valence-corrected chi connectivity index (χ0v) is 10.5. The van der Waals surface area contributed by atoms with Gasteiger partial charge in [-0.3, -0.25) is 0 Å². The lowest BCUT2D eigenvalue weighted by Crippen LogP contribution is -2.36. The van der Waals surface area contributed by atoms with E-state index in [0.29, 0.717) is 11.6 Å². The van der Waals surface area contributed by atoms with Crippen molar-refractivity contribution in [2.45, 2.75) is 26.2 Å². The number of anilines is 1. The summed E-state index contributed by atoms with van der Waals surface area (Å²) >= 11 is 0. The second-order valence-corrected chi connectivity index (χ2v) is 4.83. The number of aromatic carboxylic acids is 1. The highest BCUT2D eigenvalue weighted by atomic mass is 19.1. The molecule has 1 aliphatic rings. The highest BCUT2D eigenvalue weighted by molar-refractivity contribution is 5.94. The van der Waals surface area contributed by atoms with Gasteiger partial charge in [-0.25, -0.2) is 9.18 Å². The monoisotopic (exact) mass is 251 g/mol. The molecule has 2 rings (SSSR count). The van der Waals surface area contributed by atoms with Crippen LogP contribution in [0.2, 0.25) is 0 Å². The molecular weight excluding hydrogens is 233 g/mol. The van der Waals surface area contributed by atoms with Crippen molar-refractivity contribution in [1.29, 1.82) is 0 Å². The third kappa shape index (κ3) is 2.63. The van der Waals surface area contributed by atoms with Crippen LogP contribution in [0.25, 0.3) is 0 Å². The topological polar surface area (TPSA) is 40.5 Å². The van der Waals surface area contributed by atoms with Crippen LogP contribution < -0.4 is 4.90 Å². The van der Waals surface area contributed by atoms with E-state index in [2.05, 4.69) is 11.8 Å². The third-order valence-corrected chi connectivity index (χ3v) is 3.63. The molecule has 1 unspecified atom stereocenters. The van der Waals surface area contributed by atoms with Crippen molar-refractivity contribution in [1.82, 2.24) is 0 Å². The lowest BCUT2D eigenvalue weighted by atomic mass is 9.94. The lowest BCUT2D eigenvalue weighted by Gasteiger charge is -2.34. The average Bonchev–Trinajstić information content (AvgIpc) is 2.38. The van der Waals surface area contributed by atoms with Gasteiger partial charge < -0.3 is 10.0 Å². The zero-order valence-electron chi connectivity index (χ0n) is 10.5. The van der Waals surface area contributed by atoms with E-state index in [4.69, 9.17) is 5.11 Å². The van der Waals surface area contributed by atoms with Crippen molar-refractivity contribution in [3.8, 4) is 0 Å². The molecule has 1 atom stereocenters. The largest absolute Gasteiger partial charge is 0.478 e. The van der Waals surface area contributed by atoms with Gasteiger partial charge in [-0.1, -0.05) is 13.3 Å². The summed E-state index contributed by atoms with van der Waals surface area (Å²) in [6.45, 7) is 3.86. The Balaban J connectivity index is 2.29. The fraction of sp³-hybridized carbons (Fsp3) is 0.500. The number of carbonyl (C=O) groups is 1. The highest BCUT2D eigenvalue weighted by Crippen LogP contribution is 2.28. The van der Waals surface area contributed by atoms with Gasteiger partial charge in [0.05, 0.1) is 11.3 Å². The molecule has 0 saturated carbocycles. The van der Waals surface area contributed by atoms with Crippen molar-refractivity contribution in [2.24, 2.45) is 5.92 Å². The Labute approximate surface area is 106 Å². The van der Waals surface area contributed by atoms with E-state index < -0.39 is 11.8 Å². The normalized spacial score (nSPS) is 19.9. The number of carboxylic acid groups (broad SMARTS) is 1. The number of rotatable bonds is 3. The van der Waals surface area contributed by atoms with Gasteiger partial charge in [0.2, 0.25) is 0 Å². The predicted molar refractivity (Wildman–Crippen MR) is 68.6 cm³/mol. The quantitative estimate of drug-likeness (QED) is 0.897. The fourth-order valence-corrected chi connectivity index (χ4v) is 2.57. The van der Waals surface area contributed by atoms with E-state index >= 15 is 0 Å². The third-order valence-electron chi connectivity index (χ3n) is 3.63. The highest BCUT2D eigenvalue weighted by Gasteiger charge is 2.22. The van der Waals surface area contributed by atoms with Crippen molar-refractivity contribution < 1.29 is 14.3 Å². The molecule has 1 saturated heterocycles. The van der Waals surface area contributed by atoms with Crippen LogP contribution in [0.1, 0.15) is 36.5 Å². The fourth-order valence-electron chi connectivity index (χ4n) is 2.57. The summed E-state index contributed by atoms with van der Waals surface area (Å²) in [7, 11) is 0. The molecule has 3 nitrogen and oxygen atoms in total. The van der Waals surface area contributed by atoms with Crippen LogP contribution in [-0.2, 0) is 0 Å². The van der Waals surface area contributed by atoms with Gasteiger partial charge in [-0.15, -0.1) is 0 Å². The molecule has 18 heavy (non-hydrogen) atoms. The van der Waals surface area contributed by atoms with Crippen LogP contribution in [-0.4, -0.2) is 24.2 Å². The van der Waals surface area contributed by atoms with E-state index in [1.165, 1.54) is 12.5 Å². The molecule has 1 aliphatic heterocycles. The maximum atomic E-state index is 13.1. The molecule has 1 N–H and O–H groups in total. The van der Waals surface area contributed by atoms with Gasteiger partial charge in [0, 0.05) is 13.1 Å². The van der Waals surface area contributed by atoms with Gasteiger partial charge in [-0.2, -0.15) is 0 Å². The van der Waals surface area contributed by atoms with Crippen LogP contribution in [0.4, 0.5) is 10.1 Å². The van der Waals surface area contributed by atoms with Gasteiger partial charge in [0.25, 0.3) is 0 Å². The first kappa shape index (κ1) is 12.9. The first-order valence-electron chi connectivity index (χ1n) is 6.39. The number of carboxylic acids is 1. The number of hydrogen-bond donors (Lipinski definition) is 1.